The van der Waals surface area contributed by atoms with Gasteiger partial charge in [0.25, 0.3) is 0 Å². The Bertz CT molecular complexity index is 683. The summed E-state index contributed by atoms with van der Waals surface area (Å²) in [5, 5.41) is 10.8. The third-order valence-corrected chi connectivity index (χ3v) is 6.23. The van der Waals surface area contributed by atoms with Gasteiger partial charge in [0, 0.05) is 20.4 Å². The monoisotopic (exact) mass is 346 g/mol. The highest BCUT2D eigenvalue weighted by molar-refractivity contribution is 7.99. The smallest absolute Gasteiger partial charge is 0.237 e. The summed E-state index contributed by atoms with van der Waals surface area (Å²) in [5.41, 5.74) is 0. The lowest BCUT2D eigenvalue weighted by Gasteiger charge is -2.07. The molecule has 1 fully saturated rings. The van der Waals surface area contributed by atoms with Gasteiger partial charge in [-0.1, -0.05) is 11.8 Å². The van der Waals surface area contributed by atoms with Crippen LogP contribution >= 0.6 is 11.8 Å². The molecule has 0 spiro atoms. The van der Waals surface area contributed by atoms with Crippen molar-refractivity contribution in [1.82, 2.24) is 20.1 Å². The van der Waals surface area contributed by atoms with E-state index in [9.17, 15) is 18.0 Å². The van der Waals surface area contributed by atoms with Crippen molar-refractivity contribution in [3.8, 4) is 0 Å². The first-order chi connectivity index (χ1) is 10.3. The standard InChI is InChI=1S/C12H18N4O4S2/c1-8(17)13-11(18)6-21-12-15-14-10(16(12)2)5-9-3-4-22(19,20)7-9/h9H,3-7H2,1-2H3,(H,13,17,18)/t9-/m1/s1. The molecule has 0 unspecified atom stereocenters. The molecular weight excluding hydrogens is 328 g/mol. The van der Waals surface area contributed by atoms with Crippen LogP contribution in [0, 0.1) is 5.92 Å². The highest BCUT2D eigenvalue weighted by atomic mass is 32.2. The zero-order valence-corrected chi connectivity index (χ0v) is 14.0. The Kier molecular flexibility index (Phi) is 5.22. The average Bonchev–Trinajstić information content (AvgIpc) is 2.91. The minimum Gasteiger partial charge on any atom is -0.309 e. The van der Waals surface area contributed by atoms with Gasteiger partial charge in [-0.2, -0.15) is 0 Å². The third kappa shape index (κ3) is 4.54. The quantitative estimate of drug-likeness (QED) is 0.719. The topological polar surface area (TPSA) is 111 Å². The molecule has 1 saturated heterocycles. The minimum atomic E-state index is -2.90. The number of carbonyl (C=O) groups excluding carboxylic acids is 2. The normalized spacial score (nSPS) is 20.0. The average molecular weight is 346 g/mol. The molecule has 2 amide bonds. The van der Waals surface area contributed by atoms with Gasteiger partial charge in [0.15, 0.2) is 15.0 Å². The number of sulfone groups is 1. The van der Waals surface area contributed by atoms with Gasteiger partial charge in [-0.25, -0.2) is 8.42 Å². The predicted molar refractivity (Wildman–Crippen MR) is 81.0 cm³/mol. The fourth-order valence-corrected chi connectivity index (χ4v) is 4.89. The van der Waals surface area contributed by atoms with Crippen molar-refractivity contribution in [1.29, 1.82) is 0 Å². The molecule has 2 heterocycles. The van der Waals surface area contributed by atoms with Gasteiger partial charge in [-0.15, -0.1) is 10.2 Å². The molecule has 122 valence electrons. The number of thioether (sulfide) groups is 1. The summed E-state index contributed by atoms with van der Waals surface area (Å²) < 4.78 is 24.7. The molecule has 8 nitrogen and oxygen atoms in total. The summed E-state index contributed by atoms with van der Waals surface area (Å²) in [6, 6.07) is 0. The first-order valence-electron chi connectivity index (χ1n) is 6.79. The van der Waals surface area contributed by atoms with Crippen molar-refractivity contribution in [3.63, 3.8) is 0 Å². The van der Waals surface area contributed by atoms with Crippen molar-refractivity contribution in [2.75, 3.05) is 17.3 Å². The summed E-state index contributed by atoms with van der Waals surface area (Å²) in [6.07, 6.45) is 1.21. The number of hydrogen-bond acceptors (Lipinski definition) is 7. The molecule has 1 aliphatic heterocycles. The molecule has 1 atom stereocenters. The van der Waals surface area contributed by atoms with Crippen LogP contribution in [0.1, 0.15) is 19.2 Å². The van der Waals surface area contributed by atoms with Gasteiger partial charge in [0.05, 0.1) is 17.3 Å². The summed E-state index contributed by atoms with van der Waals surface area (Å²) in [4.78, 5) is 22.2. The van der Waals surface area contributed by atoms with Crippen LogP contribution in [0.5, 0.6) is 0 Å². The Morgan fingerprint density at radius 1 is 1.41 bits per heavy atom. The van der Waals surface area contributed by atoms with Crippen molar-refractivity contribution in [3.05, 3.63) is 5.82 Å². The second-order valence-electron chi connectivity index (χ2n) is 5.32. The predicted octanol–water partition coefficient (Wildman–Crippen LogP) is -0.453. The van der Waals surface area contributed by atoms with Crippen LogP contribution in [0.3, 0.4) is 0 Å². The van der Waals surface area contributed by atoms with E-state index in [0.29, 0.717) is 23.8 Å². The maximum Gasteiger partial charge on any atom is 0.237 e. The highest BCUT2D eigenvalue weighted by Gasteiger charge is 2.29. The Morgan fingerprint density at radius 3 is 2.73 bits per heavy atom. The molecule has 1 aliphatic rings. The Morgan fingerprint density at radius 2 is 2.14 bits per heavy atom. The molecule has 0 aliphatic carbocycles. The van der Waals surface area contributed by atoms with E-state index in [1.54, 1.807) is 11.6 Å². The number of imide groups is 1. The van der Waals surface area contributed by atoms with Crippen molar-refractivity contribution >= 4 is 33.4 Å². The van der Waals surface area contributed by atoms with Crippen LogP contribution in [-0.2, 0) is 32.9 Å². The first-order valence-corrected chi connectivity index (χ1v) is 9.59. The zero-order chi connectivity index (χ0) is 16.3. The van der Waals surface area contributed by atoms with Crippen molar-refractivity contribution in [2.45, 2.75) is 24.9 Å². The van der Waals surface area contributed by atoms with E-state index in [0.717, 1.165) is 0 Å². The van der Waals surface area contributed by atoms with Crippen LogP contribution in [0.2, 0.25) is 0 Å². The SMILES string of the molecule is CC(=O)NC(=O)CSc1nnc(C[C@H]2CCS(=O)(=O)C2)n1C. The fraction of sp³-hybridized carbons (Fsp3) is 0.667. The molecule has 1 aromatic heterocycles. The van der Waals surface area contributed by atoms with Gasteiger partial charge in [-0.05, 0) is 12.3 Å². The second-order valence-corrected chi connectivity index (χ2v) is 8.50. The van der Waals surface area contributed by atoms with E-state index in [1.807, 2.05) is 0 Å². The third-order valence-electron chi connectivity index (χ3n) is 3.37. The molecular formula is C12H18N4O4S2. The second kappa shape index (κ2) is 6.78. The lowest BCUT2D eigenvalue weighted by molar-refractivity contribution is -0.127. The van der Waals surface area contributed by atoms with Crippen LogP contribution in [-0.4, -0.2) is 52.3 Å². The molecule has 0 radical (unpaired) electrons. The number of amides is 2. The Balaban J connectivity index is 1.92. The van der Waals surface area contributed by atoms with Crippen LogP contribution < -0.4 is 5.32 Å². The summed E-state index contributed by atoms with van der Waals surface area (Å²) in [5.74, 6) is 0.508. The molecule has 1 N–H and O–H groups in total. The molecule has 0 aromatic carbocycles. The molecule has 22 heavy (non-hydrogen) atoms. The van der Waals surface area contributed by atoms with E-state index < -0.39 is 15.7 Å². The fourth-order valence-electron chi connectivity index (χ4n) is 2.30. The number of carbonyl (C=O) groups is 2. The number of nitrogens with one attached hydrogen (secondary N) is 1. The lowest BCUT2D eigenvalue weighted by Crippen LogP contribution is -2.29. The minimum absolute atomic E-state index is 0.0728. The van der Waals surface area contributed by atoms with Gasteiger partial charge in [0.1, 0.15) is 5.82 Å². The molecule has 0 saturated carbocycles. The molecule has 1 aromatic rings. The molecule has 2 rings (SSSR count). The van der Waals surface area contributed by atoms with E-state index in [1.165, 1.54) is 18.7 Å². The van der Waals surface area contributed by atoms with E-state index in [-0.39, 0.29) is 29.1 Å². The summed E-state index contributed by atoms with van der Waals surface area (Å²) in [6.45, 7) is 1.28. The van der Waals surface area contributed by atoms with Crippen LogP contribution in [0.15, 0.2) is 5.16 Å². The van der Waals surface area contributed by atoms with E-state index in [2.05, 4.69) is 15.5 Å². The summed E-state index contributed by atoms with van der Waals surface area (Å²) >= 11 is 1.18. The molecule has 0 bridgehead atoms. The number of rotatable bonds is 5. The highest BCUT2D eigenvalue weighted by Crippen LogP contribution is 2.23. The van der Waals surface area contributed by atoms with Crippen molar-refractivity contribution < 1.29 is 18.0 Å². The lowest BCUT2D eigenvalue weighted by atomic mass is 10.1. The van der Waals surface area contributed by atoms with Gasteiger partial charge in [-0.3, -0.25) is 14.9 Å². The van der Waals surface area contributed by atoms with Gasteiger partial charge in [0.2, 0.25) is 11.8 Å². The summed E-state index contributed by atoms with van der Waals surface area (Å²) in [7, 11) is -1.12. The van der Waals surface area contributed by atoms with Crippen LogP contribution in [0.4, 0.5) is 0 Å². The van der Waals surface area contributed by atoms with Crippen molar-refractivity contribution in [2.24, 2.45) is 13.0 Å². The Hall–Kier alpha value is -1.42. The van der Waals surface area contributed by atoms with E-state index >= 15 is 0 Å². The number of hydrogen-bond donors (Lipinski definition) is 1. The van der Waals surface area contributed by atoms with Gasteiger partial charge >= 0.3 is 0 Å². The Labute approximate surface area is 133 Å². The number of aromatic nitrogens is 3. The maximum atomic E-state index is 11.5. The van der Waals surface area contributed by atoms with E-state index in [4.69, 9.17) is 0 Å². The molecule has 10 heteroatoms. The zero-order valence-electron chi connectivity index (χ0n) is 12.4. The largest absolute Gasteiger partial charge is 0.309 e. The maximum absolute atomic E-state index is 11.5. The van der Waals surface area contributed by atoms with Crippen LogP contribution in [0.25, 0.3) is 0 Å². The van der Waals surface area contributed by atoms with Gasteiger partial charge < -0.3 is 4.57 Å². The number of nitrogens with zero attached hydrogens (tertiary/aromatic N) is 3. The first kappa shape index (κ1) is 16.9.